The normalized spacial score (nSPS) is 18.1. The molecule has 0 saturated carbocycles. The first-order valence-corrected chi connectivity index (χ1v) is 9.84. The fourth-order valence-electron chi connectivity index (χ4n) is 3.45. The zero-order chi connectivity index (χ0) is 21.4. The minimum atomic E-state index is -0.877. The minimum absolute atomic E-state index is 0.0352. The third-order valence-electron chi connectivity index (χ3n) is 4.81. The first kappa shape index (κ1) is 19.9. The Balaban J connectivity index is 1.95. The molecule has 7 nitrogen and oxygen atoms in total. The Morgan fingerprint density at radius 1 is 1.17 bits per heavy atom. The molecule has 4 rings (SSSR count). The van der Waals surface area contributed by atoms with Gasteiger partial charge in [-0.15, -0.1) is 0 Å². The van der Waals surface area contributed by atoms with E-state index in [1.54, 1.807) is 55.5 Å². The standard InChI is InChI=1S/C22H17BrN2O5/c1-12-9-17(24-30-12)25-19(13-5-3-7-15(23)10-13)18(21(27)22(25)28)20(26)14-6-4-8-16(11-14)29-2/h3-11,19,26H,1-2H3/b20-18+/t19-/m1/s1. The van der Waals surface area contributed by atoms with Crippen molar-refractivity contribution in [1.82, 2.24) is 5.16 Å². The smallest absolute Gasteiger partial charge is 0.301 e. The zero-order valence-electron chi connectivity index (χ0n) is 16.1. The van der Waals surface area contributed by atoms with Crippen molar-refractivity contribution in [3.8, 4) is 5.75 Å². The summed E-state index contributed by atoms with van der Waals surface area (Å²) in [6, 6.07) is 14.5. The van der Waals surface area contributed by atoms with Gasteiger partial charge in [0.05, 0.1) is 18.7 Å². The van der Waals surface area contributed by atoms with Crippen molar-refractivity contribution in [2.45, 2.75) is 13.0 Å². The van der Waals surface area contributed by atoms with Gasteiger partial charge in [-0.25, -0.2) is 0 Å². The van der Waals surface area contributed by atoms with E-state index >= 15 is 0 Å². The summed E-state index contributed by atoms with van der Waals surface area (Å²) < 4.78 is 11.1. The lowest BCUT2D eigenvalue weighted by Crippen LogP contribution is -2.29. The molecule has 0 aliphatic carbocycles. The number of aliphatic hydroxyl groups excluding tert-OH is 1. The zero-order valence-corrected chi connectivity index (χ0v) is 17.7. The van der Waals surface area contributed by atoms with Crippen molar-refractivity contribution in [2.75, 3.05) is 12.0 Å². The molecule has 2 heterocycles. The highest BCUT2D eigenvalue weighted by Crippen LogP contribution is 2.42. The van der Waals surface area contributed by atoms with E-state index < -0.39 is 17.7 Å². The summed E-state index contributed by atoms with van der Waals surface area (Å²) in [5.41, 5.74) is 0.962. The summed E-state index contributed by atoms with van der Waals surface area (Å²) in [5.74, 6) is -0.685. The van der Waals surface area contributed by atoms with Gasteiger partial charge < -0.3 is 14.4 Å². The molecule has 1 fully saturated rings. The van der Waals surface area contributed by atoms with Crippen LogP contribution >= 0.6 is 15.9 Å². The number of carbonyl (C=O) groups excluding carboxylic acids is 2. The Bertz CT molecular complexity index is 1180. The lowest BCUT2D eigenvalue weighted by atomic mass is 9.95. The highest BCUT2D eigenvalue weighted by molar-refractivity contribution is 9.10. The second-order valence-corrected chi connectivity index (χ2v) is 7.67. The maximum atomic E-state index is 13.0. The maximum Gasteiger partial charge on any atom is 0.301 e. The lowest BCUT2D eigenvalue weighted by molar-refractivity contribution is -0.132. The second-order valence-electron chi connectivity index (χ2n) is 6.75. The van der Waals surface area contributed by atoms with E-state index in [1.807, 2.05) is 6.07 Å². The number of anilines is 1. The number of ketones is 1. The molecular weight excluding hydrogens is 452 g/mol. The fourth-order valence-corrected chi connectivity index (χ4v) is 3.87. The van der Waals surface area contributed by atoms with Gasteiger partial charge in [-0.1, -0.05) is 45.4 Å². The molecule has 2 aromatic carbocycles. The summed E-state index contributed by atoms with van der Waals surface area (Å²) in [5, 5.41) is 15.0. The molecule has 0 unspecified atom stereocenters. The number of aliphatic hydroxyl groups is 1. The molecule has 8 heteroatoms. The van der Waals surface area contributed by atoms with Gasteiger partial charge in [0.25, 0.3) is 5.78 Å². The topological polar surface area (TPSA) is 92.9 Å². The predicted molar refractivity (Wildman–Crippen MR) is 113 cm³/mol. The summed E-state index contributed by atoms with van der Waals surface area (Å²) in [6.07, 6.45) is 0. The van der Waals surface area contributed by atoms with Crippen LogP contribution in [-0.4, -0.2) is 29.1 Å². The molecule has 1 aliphatic heterocycles. The molecule has 0 bridgehead atoms. The van der Waals surface area contributed by atoms with E-state index in [1.165, 1.54) is 12.0 Å². The average molecular weight is 469 g/mol. The van der Waals surface area contributed by atoms with Gasteiger partial charge >= 0.3 is 5.91 Å². The SMILES string of the molecule is COc1cccc(/C(O)=C2\C(=O)C(=O)N(c3cc(C)on3)[C@@H]2c2cccc(Br)c2)c1. The van der Waals surface area contributed by atoms with Crippen molar-refractivity contribution in [3.05, 3.63) is 81.5 Å². The monoisotopic (exact) mass is 468 g/mol. The number of rotatable bonds is 4. The van der Waals surface area contributed by atoms with E-state index in [2.05, 4.69) is 21.1 Å². The Kier molecular flexibility index (Phi) is 5.17. The highest BCUT2D eigenvalue weighted by Gasteiger charge is 2.48. The number of ether oxygens (including phenoxy) is 1. The van der Waals surface area contributed by atoms with Crippen molar-refractivity contribution in [3.63, 3.8) is 0 Å². The van der Waals surface area contributed by atoms with Gasteiger partial charge in [-0.2, -0.15) is 0 Å². The van der Waals surface area contributed by atoms with Crippen LogP contribution in [0.25, 0.3) is 5.76 Å². The Hall–Kier alpha value is -3.39. The summed E-state index contributed by atoms with van der Waals surface area (Å²) in [4.78, 5) is 27.2. The molecule has 1 aliphatic rings. The number of aryl methyl sites for hydroxylation is 1. The number of aromatic nitrogens is 1. The number of methoxy groups -OCH3 is 1. The minimum Gasteiger partial charge on any atom is -0.507 e. The number of carbonyl (C=O) groups is 2. The number of hydrogen-bond donors (Lipinski definition) is 1. The quantitative estimate of drug-likeness (QED) is 0.347. The van der Waals surface area contributed by atoms with Crippen LogP contribution in [0.3, 0.4) is 0 Å². The third-order valence-corrected chi connectivity index (χ3v) is 5.31. The van der Waals surface area contributed by atoms with Gasteiger partial charge in [0.1, 0.15) is 17.3 Å². The van der Waals surface area contributed by atoms with E-state index in [9.17, 15) is 14.7 Å². The number of nitrogens with zero attached hydrogens (tertiary/aromatic N) is 2. The van der Waals surface area contributed by atoms with E-state index in [-0.39, 0.29) is 17.2 Å². The number of hydrogen-bond acceptors (Lipinski definition) is 6. The van der Waals surface area contributed by atoms with Crippen LogP contribution in [0, 0.1) is 6.92 Å². The van der Waals surface area contributed by atoms with E-state index in [0.717, 1.165) is 4.47 Å². The van der Waals surface area contributed by atoms with E-state index in [0.29, 0.717) is 22.6 Å². The number of Topliss-reactive ketones (excluding diaryl/α,β-unsaturated/α-hetero) is 1. The summed E-state index contributed by atoms with van der Waals surface area (Å²) in [6.45, 7) is 1.69. The second kappa shape index (κ2) is 7.79. The lowest BCUT2D eigenvalue weighted by Gasteiger charge is -2.23. The van der Waals surface area contributed by atoms with Crippen molar-refractivity contribution < 1.29 is 24.0 Å². The Morgan fingerprint density at radius 3 is 2.60 bits per heavy atom. The van der Waals surface area contributed by atoms with Crippen molar-refractivity contribution >= 4 is 39.2 Å². The van der Waals surface area contributed by atoms with Gasteiger partial charge in [-0.3, -0.25) is 14.5 Å². The van der Waals surface area contributed by atoms with Gasteiger partial charge in [0.2, 0.25) is 0 Å². The molecule has 1 saturated heterocycles. The molecule has 1 amide bonds. The number of halogens is 1. The first-order chi connectivity index (χ1) is 14.4. The van der Waals surface area contributed by atoms with Crippen molar-refractivity contribution in [1.29, 1.82) is 0 Å². The summed E-state index contributed by atoms with van der Waals surface area (Å²) in [7, 11) is 1.51. The largest absolute Gasteiger partial charge is 0.507 e. The van der Waals surface area contributed by atoms with Gasteiger partial charge in [0, 0.05) is 16.1 Å². The summed E-state index contributed by atoms with van der Waals surface area (Å²) >= 11 is 3.42. The molecule has 3 aromatic rings. The molecule has 1 atom stereocenters. The third kappa shape index (κ3) is 3.39. The first-order valence-electron chi connectivity index (χ1n) is 9.05. The fraction of sp³-hybridized carbons (Fsp3) is 0.136. The molecule has 1 aromatic heterocycles. The maximum absolute atomic E-state index is 13.0. The van der Waals surface area contributed by atoms with Crippen LogP contribution < -0.4 is 9.64 Å². The molecule has 0 radical (unpaired) electrons. The number of benzene rings is 2. The van der Waals surface area contributed by atoms with Crippen LogP contribution in [0.4, 0.5) is 5.82 Å². The van der Waals surface area contributed by atoms with E-state index in [4.69, 9.17) is 9.26 Å². The Morgan fingerprint density at radius 2 is 1.93 bits per heavy atom. The molecular formula is C22H17BrN2O5. The van der Waals surface area contributed by atoms with Crippen LogP contribution in [0.2, 0.25) is 0 Å². The molecule has 30 heavy (non-hydrogen) atoms. The van der Waals surface area contributed by atoms with Crippen LogP contribution in [0.15, 0.2) is 69.2 Å². The van der Waals surface area contributed by atoms with Crippen LogP contribution in [-0.2, 0) is 9.59 Å². The highest BCUT2D eigenvalue weighted by atomic mass is 79.9. The van der Waals surface area contributed by atoms with Gasteiger partial charge in [0.15, 0.2) is 5.82 Å². The van der Waals surface area contributed by atoms with Crippen LogP contribution in [0.5, 0.6) is 5.75 Å². The van der Waals surface area contributed by atoms with Gasteiger partial charge in [-0.05, 0) is 36.8 Å². The molecule has 0 spiro atoms. The average Bonchev–Trinajstić information content (AvgIpc) is 3.28. The van der Waals surface area contributed by atoms with Crippen LogP contribution in [0.1, 0.15) is 22.9 Å². The van der Waals surface area contributed by atoms with Crippen molar-refractivity contribution in [2.24, 2.45) is 0 Å². The number of amides is 1. The molecule has 152 valence electrons. The predicted octanol–water partition coefficient (Wildman–Crippen LogP) is 4.38. The Labute approximate surface area is 180 Å². The molecule has 1 N–H and O–H groups in total.